The predicted octanol–water partition coefficient (Wildman–Crippen LogP) is -5.79. The average molecular weight is 460 g/mol. The minimum Gasteiger partial charge on any atom is -0.480 e. The van der Waals surface area contributed by atoms with Gasteiger partial charge < -0.3 is 47.2 Å². The van der Waals surface area contributed by atoms with Gasteiger partial charge in [0.2, 0.25) is 29.5 Å². The smallest absolute Gasteiger partial charge is 0.328 e. The SMILES string of the molecule is NCC(=O)NCC(=O)NCC(=O)N1CCC[C@H]1C(=O)N[C@@H](CO)C(=O)N[C@@H](CO)C(=O)O. The van der Waals surface area contributed by atoms with Gasteiger partial charge in [0.1, 0.15) is 18.1 Å². The average Bonchev–Trinajstić information content (AvgIpc) is 3.27. The number of carboxylic acid groups (broad SMARTS) is 1. The van der Waals surface area contributed by atoms with Crippen LogP contribution in [0, 0.1) is 0 Å². The number of rotatable bonds is 12. The molecule has 1 aliphatic heterocycles. The van der Waals surface area contributed by atoms with E-state index in [4.69, 9.17) is 15.9 Å². The lowest BCUT2D eigenvalue weighted by Crippen LogP contribution is -2.57. The minimum absolute atomic E-state index is 0.221. The fraction of sp³-hybridized carbons (Fsp3) is 0.647. The Bertz CT molecular complexity index is 731. The number of likely N-dealkylation sites (tertiary alicyclic amines) is 1. The lowest BCUT2D eigenvalue weighted by atomic mass is 10.1. The van der Waals surface area contributed by atoms with Crippen molar-refractivity contribution in [1.82, 2.24) is 26.2 Å². The van der Waals surface area contributed by atoms with Crippen molar-refractivity contribution in [2.75, 3.05) is 39.4 Å². The van der Waals surface area contributed by atoms with E-state index in [0.717, 1.165) is 0 Å². The van der Waals surface area contributed by atoms with Crippen molar-refractivity contribution in [1.29, 1.82) is 0 Å². The Labute approximate surface area is 182 Å². The second-order valence-corrected chi connectivity index (χ2v) is 6.83. The molecule has 15 nitrogen and oxygen atoms in total. The highest BCUT2D eigenvalue weighted by atomic mass is 16.4. The molecule has 0 aromatic carbocycles. The Balaban J connectivity index is 2.62. The molecule has 1 aliphatic rings. The largest absolute Gasteiger partial charge is 0.480 e. The van der Waals surface area contributed by atoms with Crippen LogP contribution in [0.1, 0.15) is 12.8 Å². The lowest BCUT2D eigenvalue weighted by Gasteiger charge is -2.26. The zero-order chi connectivity index (χ0) is 24.3. The molecule has 0 unspecified atom stereocenters. The van der Waals surface area contributed by atoms with E-state index < -0.39 is 73.4 Å². The topological polar surface area (TPSA) is 240 Å². The number of amides is 5. The molecular weight excluding hydrogens is 432 g/mol. The summed E-state index contributed by atoms with van der Waals surface area (Å²) in [7, 11) is 0. The molecule has 1 heterocycles. The van der Waals surface area contributed by atoms with Gasteiger partial charge in [-0.3, -0.25) is 24.0 Å². The first-order valence-electron chi connectivity index (χ1n) is 9.72. The molecule has 0 spiro atoms. The molecule has 5 amide bonds. The number of aliphatic hydroxyl groups is 2. The van der Waals surface area contributed by atoms with E-state index in [2.05, 4.69) is 16.0 Å². The summed E-state index contributed by atoms with van der Waals surface area (Å²) in [5.74, 6) is -5.01. The summed E-state index contributed by atoms with van der Waals surface area (Å²) >= 11 is 0. The Morgan fingerprint density at radius 2 is 1.56 bits per heavy atom. The third-order valence-corrected chi connectivity index (χ3v) is 4.56. The van der Waals surface area contributed by atoms with Crippen LogP contribution in [0.25, 0.3) is 0 Å². The van der Waals surface area contributed by atoms with E-state index in [9.17, 15) is 33.9 Å². The monoisotopic (exact) mass is 460 g/mol. The number of aliphatic carboxylic acids is 1. The number of hydrogen-bond acceptors (Lipinski definition) is 9. The summed E-state index contributed by atoms with van der Waals surface area (Å²) in [4.78, 5) is 71.9. The van der Waals surface area contributed by atoms with E-state index in [1.54, 1.807) is 0 Å². The number of carboxylic acids is 1. The standard InChI is InChI=1S/C17H28N6O9/c18-4-12(26)19-5-13(27)20-6-14(28)23-3-1-2-11(23)16(30)21-9(7-24)15(29)22-10(8-25)17(31)32/h9-11,24-25H,1-8,18H2,(H,19,26)(H,20,27)(H,21,30)(H,22,29)(H,31,32)/t9-,10-,11-/m0/s1. The number of aliphatic hydroxyl groups excluding tert-OH is 2. The van der Waals surface area contributed by atoms with Crippen molar-refractivity contribution < 1.29 is 44.1 Å². The van der Waals surface area contributed by atoms with Crippen LogP contribution < -0.4 is 27.0 Å². The van der Waals surface area contributed by atoms with E-state index in [-0.39, 0.29) is 26.1 Å². The molecule has 32 heavy (non-hydrogen) atoms. The second-order valence-electron chi connectivity index (χ2n) is 6.83. The molecule has 0 aromatic rings. The van der Waals surface area contributed by atoms with Crippen molar-refractivity contribution in [3.8, 4) is 0 Å². The Hall–Kier alpha value is -3.30. The normalized spacial score (nSPS) is 17.1. The molecule has 3 atom stereocenters. The Morgan fingerprint density at radius 1 is 0.938 bits per heavy atom. The predicted molar refractivity (Wildman–Crippen MR) is 105 cm³/mol. The zero-order valence-electron chi connectivity index (χ0n) is 17.2. The van der Waals surface area contributed by atoms with E-state index >= 15 is 0 Å². The van der Waals surface area contributed by atoms with Crippen LogP contribution in [-0.4, -0.2) is 113 Å². The van der Waals surface area contributed by atoms with Gasteiger partial charge in [-0.15, -0.1) is 0 Å². The van der Waals surface area contributed by atoms with Crippen molar-refractivity contribution >= 4 is 35.5 Å². The van der Waals surface area contributed by atoms with Gasteiger partial charge in [0.15, 0.2) is 0 Å². The fourth-order valence-corrected chi connectivity index (χ4v) is 2.85. The highest BCUT2D eigenvalue weighted by molar-refractivity contribution is 5.94. The summed E-state index contributed by atoms with van der Waals surface area (Å²) in [5, 5.41) is 36.0. The molecule has 0 radical (unpaired) electrons. The van der Waals surface area contributed by atoms with E-state index in [1.165, 1.54) is 4.90 Å². The van der Waals surface area contributed by atoms with Gasteiger partial charge in [-0.1, -0.05) is 0 Å². The van der Waals surface area contributed by atoms with Crippen LogP contribution in [0.4, 0.5) is 0 Å². The highest BCUT2D eigenvalue weighted by Gasteiger charge is 2.36. The summed E-state index contributed by atoms with van der Waals surface area (Å²) in [5.41, 5.74) is 5.09. The van der Waals surface area contributed by atoms with Crippen LogP contribution >= 0.6 is 0 Å². The third-order valence-electron chi connectivity index (χ3n) is 4.56. The molecule has 9 N–H and O–H groups in total. The van der Waals surface area contributed by atoms with Gasteiger partial charge in [0.25, 0.3) is 0 Å². The Morgan fingerprint density at radius 3 is 2.12 bits per heavy atom. The summed E-state index contributed by atoms with van der Waals surface area (Å²) < 4.78 is 0. The highest BCUT2D eigenvalue weighted by Crippen LogP contribution is 2.17. The number of nitrogens with two attached hydrogens (primary N) is 1. The second kappa shape index (κ2) is 13.2. The maximum Gasteiger partial charge on any atom is 0.328 e. The molecule has 1 rings (SSSR count). The molecule has 0 bridgehead atoms. The van der Waals surface area contributed by atoms with Crippen LogP contribution in [0.15, 0.2) is 0 Å². The zero-order valence-corrected chi connectivity index (χ0v) is 17.2. The van der Waals surface area contributed by atoms with Gasteiger partial charge in [-0.2, -0.15) is 0 Å². The van der Waals surface area contributed by atoms with E-state index in [1.807, 2.05) is 5.32 Å². The summed E-state index contributed by atoms with van der Waals surface area (Å²) in [6.45, 7) is -2.60. The Kier molecular flexibility index (Phi) is 11.0. The number of nitrogens with zero attached hydrogens (tertiary/aromatic N) is 1. The minimum atomic E-state index is -1.61. The lowest BCUT2D eigenvalue weighted by molar-refractivity contribution is -0.144. The summed E-state index contributed by atoms with van der Waals surface area (Å²) in [6.07, 6.45) is 0.748. The van der Waals surface area contributed by atoms with Crippen molar-refractivity contribution in [3.05, 3.63) is 0 Å². The fourth-order valence-electron chi connectivity index (χ4n) is 2.85. The number of carbonyl (C=O) groups excluding carboxylic acids is 5. The van der Waals surface area contributed by atoms with Gasteiger partial charge in [-0.05, 0) is 12.8 Å². The maximum atomic E-state index is 12.6. The molecule has 1 saturated heterocycles. The third kappa shape index (κ3) is 8.09. The number of carbonyl (C=O) groups is 6. The van der Waals surface area contributed by atoms with Crippen LogP contribution in [0.5, 0.6) is 0 Å². The molecule has 0 aliphatic carbocycles. The number of nitrogens with one attached hydrogen (secondary N) is 4. The molecule has 15 heteroatoms. The molecule has 180 valence electrons. The van der Waals surface area contributed by atoms with Crippen LogP contribution in [0.3, 0.4) is 0 Å². The molecule has 1 fully saturated rings. The first kappa shape index (κ1) is 26.7. The number of hydrogen-bond donors (Lipinski definition) is 8. The van der Waals surface area contributed by atoms with Gasteiger partial charge >= 0.3 is 5.97 Å². The molecular formula is C17H28N6O9. The quantitative estimate of drug-likeness (QED) is 0.137. The maximum absolute atomic E-state index is 12.6. The van der Waals surface area contributed by atoms with Gasteiger partial charge in [-0.25, -0.2) is 4.79 Å². The molecule has 0 aromatic heterocycles. The van der Waals surface area contributed by atoms with Crippen LogP contribution in [0.2, 0.25) is 0 Å². The summed E-state index contributed by atoms with van der Waals surface area (Å²) in [6, 6.07) is -4.08. The van der Waals surface area contributed by atoms with E-state index in [0.29, 0.717) is 6.42 Å². The molecule has 0 saturated carbocycles. The first-order chi connectivity index (χ1) is 15.1. The van der Waals surface area contributed by atoms with Crippen molar-refractivity contribution in [3.63, 3.8) is 0 Å². The van der Waals surface area contributed by atoms with Gasteiger partial charge in [0.05, 0.1) is 32.8 Å². The van der Waals surface area contributed by atoms with Gasteiger partial charge in [0, 0.05) is 6.54 Å². The van der Waals surface area contributed by atoms with Crippen LogP contribution in [-0.2, 0) is 28.8 Å². The van der Waals surface area contributed by atoms with Crippen molar-refractivity contribution in [2.45, 2.75) is 31.0 Å². The van der Waals surface area contributed by atoms with Crippen molar-refractivity contribution in [2.24, 2.45) is 5.73 Å². The first-order valence-corrected chi connectivity index (χ1v) is 9.72.